The molecule has 60 heavy (non-hydrogen) atoms. The molecule has 1 amide bonds. The Hall–Kier alpha value is -1.54. The lowest BCUT2D eigenvalue weighted by atomic mass is 10.1. The van der Waals surface area contributed by atoms with Gasteiger partial charge in [0.1, 0.15) is 11.5 Å². The summed E-state index contributed by atoms with van der Waals surface area (Å²) in [5, 5.41) is 0. The minimum absolute atomic E-state index is 0.0767. The SMILES string of the molecule is CCc1cc(CCCCl)ccc1Br.CCc1cc(N(CCCl)C(=O)CCc2cccc(OC)c2)ccc1Br.COc1cccc(CN)c1.O=C(OC(Cl)(Cl)Cl)OC(Cl)(Cl)Cl. The number of nitrogens with zero attached hydrogens (tertiary/aromatic N) is 1. The summed E-state index contributed by atoms with van der Waals surface area (Å²) in [4.78, 5) is 25.1. The standard InChI is InChI=1S/C20H23BrClNO2.C11H14BrCl.C8H11NO.C3Cl6O3/c1-3-16-14-17(8-9-19(16)21)23(12-11-22)20(24)10-7-15-5-4-6-18(13-15)25-2;1-2-10-8-9(4-3-7-13)5-6-11(10)12;1-10-8-4-2-3-7(5-8)6-9;4-2(5,6)11-1(10)12-3(7,8)9/h4-6,8-9,13-14H,3,7,10-12H2,1-2H3;5-6,8H,2-4,7H2,1H3;2-5H,6,9H2,1H3;. The number of aryl methyl sites for hydroxylation is 4. The van der Waals surface area contributed by atoms with Crippen molar-refractivity contribution < 1.29 is 28.5 Å². The minimum Gasteiger partial charge on any atom is -0.497 e. The molecule has 0 heterocycles. The lowest BCUT2D eigenvalue weighted by Gasteiger charge is -2.23. The van der Waals surface area contributed by atoms with Gasteiger partial charge in [0.25, 0.3) is 0 Å². The van der Waals surface area contributed by atoms with Gasteiger partial charge in [-0.3, -0.25) is 4.79 Å². The smallest absolute Gasteiger partial charge is 0.497 e. The van der Waals surface area contributed by atoms with E-state index in [9.17, 15) is 9.59 Å². The first kappa shape index (κ1) is 56.5. The number of amides is 1. The fourth-order valence-electron chi connectivity index (χ4n) is 5.03. The van der Waals surface area contributed by atoms with E-state index in [0.717, 1.165) is 64.3 Å². The van der Waals surface area contributed by atoms with Crippen LogP contribution in [0.3, 0.4) is 0 Å². The van der Waals surface area contributed by atoms with Crippen LogP contribution in [-0.2, 0) is 46.5 Å². The first-order chi connectivity index (χ1) is 28.3. The van der Waals surface area contributed by atoms with Crippen LogP contribution in [-0.4, -0.2) is 52.5 Å². The first-order valence-corrected chi connectivity index (χ1v) is 23.2. The summed E-state index contributed by atoms with van der Waals surface area (Å²) in [6.45, 7) is 5.34. The van der Waals surface area contributed by atoms with E-state index in [1.54, 1.807) is 19.1 Å². The Morgan fingerprint density at radius 2 is 1.17 bits per heavy atom. The molecule has 0 fully saturated rings. The fraction of sp³-hybridized carbons (Fsp3) is 0.381. The van der Waals surface area contributed by atoms with E-state index in [-0.39, 0.29) is 5.91 Å². The Balaban J connectivity index is 0.000000435. The lowest BCUT2D eigenvalue weighted by molar-refractivity contribution is -0.118. The van der Waals surface area contributed by atoms with Gasteiger partial charge in [-0.1, -0.05) is 82.1 Å². The highest BCUT2D eigenvalue weighted by atomic mass is 79.9. The molecule has 0 atom stereocenters. The second kappa shape index (κ2) is 30.5. The third-order valence-corrected chi connectivity index (χ3v) is 10.4. The average molecular weight is 1120 g/mol. The Morgan fingerprint density at radius 3 is 1.65 bits per heavy atom. The third kappa shape index (κ3) is 24.3. The zero-order valence-electron chi connectivity index (χ0n) is 33.4. The molecule has 0 saturated heterocycles. The van der Waals surface area contributed by atoms with Crippen LogP contribution in [0.25, 0.3) is 0 Å². The number of hydrogen-bond acceptors (Lipinski definition) is 7. The maximum Gasteiger partial charge on any atom is 0.515 e. The molecule has 18 heteroatoms. The van der Waals surface area contributed by atoms with Crippen molar-refractivity contribution >= 4 is 142 Å². The third-order valence-electron chi connectivity index (χ3n) is 7.95. The van der Waals surface area contributed by atoms with Crippen molar-refractivity contribution in [3.05, 3.63) is 122 Å². The Bertz CT molecular complexity index is 1850. The fourth-order valence-corrected chi connectivity index (χ4v) is 6.77. The number of carbonyl (C=O) groups is 2. The van der Waals surface area contributed by atoms with E-state index in [2.05, 4.69) is 79.4 Å². The molecule has 4 aromatic carbocycles. The zero-order chi connectivity index (χ0) is 45.3. The zero-order valence-corrected chi connectivity index (χ0v) is 42.6. The molecular formula is C42H48Br2Cl8N2O6. The number of alkyl halides is 8. The van der Waals surface area contributed by atoms with Crippen LogP contribution < -0.4 is 20.1 Å². The van der Waals surface area contributed by atoms with Gasteiger partial charge in [-0.25, -0.2) is 4.79 Å². The molecule has 2 N–H and O–H groups in total. The molecule has 4 aromatic rings. The number of ether oxygens (including phenoxy) is 4. The van der Waals surface area contributed by atoms with Crippen molar-refractivity contribution in [3.63, 3.8) is 0 Å². The molecule has 0 spiro atoms. The number of rotatable bonds is 14. The lowest BCUT2D eigenvalue weighted by Crippen LogP contribution is -2.33. The van der Waals surface area contributed by atoms with Crippen molar-refractivity contribution in [1.29, 1.82) is 0 Å². The van der Waals surface area contributed by atoms with E-state index >= 15 is 0 Å². The maximum atomic E-state index is 12.8. The summed E-state index contributed by atoms with van der Waals surface area (Å²) in [5.41, 5.74) is 12.4. The number of anilines is 1. The maximum absolute atomic E-state index is 12.8. The number of hydrogen-bond donors (Lipinski definition) is 1. The van der Waals surface area contributed by atoms with E-state index in [0.29, 0.717) is 31.8 Å². The van der Waals surface area contributed by atoms with Gasteiger partial charge in [0.2, 0.25) is 5.91 Å². The second-order valence-electron chi connectivity index (χ2n) is 12.2. The van der Waals surface area contributed by atoms with Crippen LogP contribution in [0.4, 0.5) is 10.5 Å². The van der Waals surface area contributed by atoms with Crippen LogP contribution in [0.15, 0.2) is 93.9 Å². The highest BCUT2D eigenvalue weighted by Crippen LogP contribution is 2.32. The number of nitrogens with two attached hydrogens (primary N) is 1. The summed E-state index contributed by atoms with van der Waals surface area (Å²) in [5.74, 6) is 2.90. The van der Waals surface area contributed by atoms with E-state index in [4.69, 9.17) is 108 Å². The van der Waals surface area contributed by atoms with Gasteiger partial charge in [-0.15, -0.1) is 23.2 Å². The van der Waals surface area contributed by atoms with E-state index in [1.807, 2.05) is 60.7 Å². The number of methoxy groups -OCH3 is 2. The van der Waals surface area contributed by atoms with Gasteiger partial charge in [-0.05, 0) is 178 Å². The average Bonchev–Trinajstić information content (AvgIpc) is 3.21. The van der Waals surface area contributed by atoms with Gasteiger partial charge < -0.3 is 29.6 Å². The molecule has 0 aliphatic rings. The van der Waals surface area contributed by atoms with Crippen molar-refractivity contribution in [2.24, 2.45) is 5.73 Å². The molecule has 0 aliphatic carbocycles. The normalized spacial score (nSPS) is 10.7. The molecule has 0 aliphatic heterocycles. The predicted octanol–water partition coefficient (Wildman–Crippen LogP) is 14.4. The minimum atomic E-state index is -2.24. The van der Waals surface area contributed by atoms with E-state index in [1.165, 1.54) is 21.2 Å². The van der Waals surface area contributed by atoms with Crippen LogP contribution in [0.1, 0.15) is 54.5 Å². The summed E-state index contributed by atoms with van der Waals surface area (Å²) in [6.07, 6.45) is 3.83. The highest BCUT2D eigenvalue weighted by Gasteiger charge is 2.32. The Morgan fingerprint density at radius 1 is 0.667 bits per heavy atom. The monoisotopic (exact) mass is 1110 g/mol. The summed E-state index contributed by atoms with van der Waals surface area (Å²) in [7, 11) is 3.29. The summed E-state index contributed by atoms with van der Waals surface area (Å²) < 4.78 is 16.0. The molecule has 0 radical (unpaired) electrons. The molecular weight excluding hydrogens is 1070 g/mol. The molecule has 0 aromatic heterocycles. The highest BCUT2D eigenvalue weighted by molar-refractivity contribution is 9.10. The molecule has 0 unspecified atom stereocenters. The van der Waals surface area contributed by atoms with Crippen LogP contribution >= 0.6 is 125 Å². The van der Waals surface area contributed by atoms with Crippen molar-refractivity contribution in [2.75, 3.05) is 37.4 Å². The number of carbonyl (C=O) groups excluding carboxylic acids is 2. The van der Waals surface area contributed by atoms with Gasteiger partial charge in [-0.2, -0.15) is 0 Å². The topological polar surface area (TPSA) is 100 Å². The van der Waals surface area contributed by atoms with Crippen molar-refractivity contribution in [1.82, 2.24) is 0 Å². The first-order valence-electron chi connectivity index (χ1n) is 18.3. The van der Waals surface area contributed by atoms with E-state index < -0.39 is 14.1 Å². The van der Waals surface area contributed by atoms with Crippen LogP contribution in [0.2, 0.25) is 0 Å². The summed E-state index contributed by atoms with van der Waals surface area (Å²) >= 11 is 48.9. The Kier molecular flexibility index (Phi) is 28.7. The molecule has 8 nitrogen and oxygen atoms in total. The van der Waals surface area contributed by atoms with Gasteiger partial charge in [0.05, 0.1) is 14.2 Å². The van der Waals surface area contributed by atoms with Crippen LogP contribution in [0, 0.1) is 0 Å². The van der Waals surface area contributed by atoms with Gasteiger partial charge in [0.15, 0.2) is 0 Å². The van der Waals surface area contributed by atoms with Gasteiger partial charge in [0, 0.05) is 45.9 Å². The molecule has 0 saturated carbocycles. The molecule has 332 valence electrons. The van der Waals surface area contributed by atoms with Crippen molar-refractivity contribution in [3.8, 4) is 11.5 Å². The van der Waals surface area contributed by atoms with Gasteiger partial charge >= 0.3 is 14.1 Å². The molecule has 4 rings (SSSR count). The number of benzene rings is 4. The second-order valence-corrected chi connectivity index (χ2v) is 19.0. The molecule has 0 bridgehead atoms. The van der Waals surface area contributed by atoms with Crippen molar-refractivity contribution in [2.45, 2.75) is 66.9 Å². The Labute approximate surface area is 410 Å². The largest absolute Gasteiger partial charge is 0.515 e. The quantitative estimate of drug-likeness (QED) is 0.0991. The summed E-state index contributed by atoms with van der Waals surface area (Å²) in [6, 6.07) is 28.1. The number of halogens is 10. The predicted molar refractivity (Wildman–Crippen MR) is 260 cm³/mol. The van der Waals surface area contributed by atoms with Crippen LogP contribution in [0.5, 0.6) is 11.5 Å².